The highest BCUT2D eigenvalue weighted by Crippen LogP contribution is 2.10. The molecular formula is C24H48N8O5. The van der Waals surface area contributed by atoms with Crippen LogP contribution in [0.15, 0.2) is 4.99 Å². The zero-order valence-corrected chi connectivity index (χ0v) is 22.7. The molecule has 0 bridgehead atoms. The Hall–Kier alpha value is -2.93. The van der Waals surface area contributed by atoms with E-state index >= 15 is 0 Å². The minimum Gasteiger partial charge on any atom is -0.480 e. The molecule has 0 aliphatic heterocycles. The average Bonchev–Trinajstić information content (AvgIpc) is 2.78. The van der Waals surface area contributed by atoms with Gasteiger partial charge in [-0.3, -0.25) is 19.4 Å². The fraction of sp³-hybridized carbons (Fsp3) is 0.792. The largest absolute Gasteiger partial charge is 0.480 e. The number of unbranched alkanes of at least 4 members (excludes halogenated alkanes) is 1. The van der Waals surface area contributed by atoms with E-state index in [1.807, 2.05) is 27.7 Å². The summed E-state index contributed by atoms with van der Waals surface area (Å²) in [6.45, 7) is 8.30. The summed E-state index contributed by atoms with van der Waals surface area (Å²) in [6, 6.07) is -3.85. The molecule has 0 spiro atoms. The number of aliphatic carboxylic acids is 1. The lowest BCUT2D eigenvalue weighted by molar-refractivity contribution is -0.142. The van der Waals surface area contributed by atoms with Crippen molar-refractivity contribution in [2.45, 2.75) is 96.8 Å². The van der Waals surface area contributed by atoms with E-state index in [0.717, 1.165) is 0 Å². The zero-order chi connectivity index (χ0) is 28.5. The third kappa shape index (κ3) is 15.7. The maximum Gasteiger partial charge on any atom is 0.326 e. The van der Waals surface area contributed by atoms with Gasteiger partial charge in [0.15, 0.2) is 5.96 Å². The number of rotatable bonds is 19. The Morgan fingerprint density at radius 3 is 1.78 bits per heavy atom. The highest BCUT2D eigenvalue weighted by molar-refractivity contribution is 5.94. The standard InChI is InChI=1S/C24H48N8O5/c1-14(2)12-16(26)20(33)30-17(8-5-6-10-25)21(34)32-19(13-15(3)4)22(35)31-18(23(36)37)9-7-11-29-24(27)28/h14-19H,5-13,25-26H2,1-4H3,(H,30,33)(H,31,35)(H,32,34)(H,36,37)(H4,27,28,29). The van der Waals surface area contributed by atoms with Crippen molar-refractivity contribution in [3.63, 3.8) is 0 Å². The lowest BCUT2D eigenvalue weighted by Crippen LogP contribution is -2.57. The van der Waals surface area contributed by atoms with Crippen molar-refractivity contribution < 1.29 is 24.3 Å². The van der Waals surface area contributed by atoms with Gasteiger partial charge in [0, 0.05) is 6.54 Å². The SMILES string of the molecule is CC(C)CC(N)C(=O)NC(CCCCN)C(=O)NC(CC(C)C)C(=O)NC(CCCN=C(N)N)C(=O)O. The van der Waals surface area contributed by atoms with E-state index < -0.39 is 47.9 Å². The molecule has 0 radical (unpaired) electrons. The first-order valence-corrected chi connectivity index (χ1v) is 12.9. The molecule has 0 aromatic heterocycles. The maximum absolute atomic E-state index is 13.2. The summed E-state index contributed by atoms with van der Waals surface area (Å²) in [5.41, 5.74) is 22.1. The molecule has 0 rings (SSSR count). The second kappa shape index (κ2) is 18.3. The average molecular weight is 529 g/mol. The summed E-state index contributed by atoms with van der Waals surface area (Å²) in [6.07, 6.45) is 2.74. The zero-order valence-electron chi connectivity index (χ0n) is 22.7. The molecule has 4 atom stereocenters. The molecule has 0 saturated heterocycles. The second-order valence-electron chi connectivity index (χ2n) is 10.1. The quantitative estimate of drug-likeness (QED) is 0.0589. The molecule has 3 amide bonds. The number of nitrogens with two attached hydrogens (primary N) is 4. The van der Waals surface area contributed by atoms with Crippen LogP contribution in [0.2, 0.25) is 0 Å². The first kappa shape index (κ1) is 34.1. The van der Waals surface area contributed by atoms with Gasteiger partial charge >= 0.3 is 5.97 Å². The van der Waals surface area contributed by atoms with Crippen LogP contribution in [0, 0.1) is 11.8 Å². The van der Waals surface area contributed by atoms with Crippen molar-refractivity contribution in [3.05, 3.63) is 0 Å². The van der Waals surface area contributed by atoms with Gasteiger partial charge < -0.3 is 44.0 Å². The number of aliphatic imine (C=N–C) groups is 1. The lowest BCUT2D eigenvalue weighted by atomic mass is 10.0. The van der Waals surface area contributed by atoms with Crippen molar-refractivity contribution in [1.82, 2.24) is 16.0 Å². The number of nitrogens with one attached hydrogen (secondary N) is 3. The molecule has 13 heteroatoms. The van der Waals surface area contributed by atoms with Crippen molar-refractivity contribution in [2.75, 3.05) is 13.1 Å². The van der Waals surface area contributed by atoms with Crippen LogP contribution in [-0.2, 0) is 19.2 Å². The topological polar surface area (TPSA) is 241 Å². The molecule has 4 unspecified atom stereocenters. The van der Waals surface area contributed by atoms with Crippen LogP contribution in [0.3, 0.4) is 0 Å². The fourth-order valence-electron chi connectivity index (χ4n) is 3.66. The minimum absolute atomic E-state index is 0.0194. The predicted molar refractivity (Wildman–Crippen MR) is 143 cm³/mol. The Bertz CT molecular complexity index is 755. The van der Waals surface area contributed by atoms with E-state index in [-0.39, 0.29) is 37.2 Å². The van der Waals surface area contributed by atoms with Gasteiger partial charge in [-0.25, -0.2) is 4.79 Å². The molecular weight excluding hydrogens is 480 g/mol. The van der Waals surface area contributed by atoms with Crippen LogP contribution in [0.5, 0.6) is 0 Å². The van der Waals surface area contributed by atoms with Crippen LogP contribution in [-0.4, -0.2) is 72.0 Å². The Labute approximate surface area is 219 Å². The van der Waals surface area contributed by atoms with E-state index in [9.17, 15) is 24.3 Å². The summed E-state index contributed by atoms with van der Waals surface area (Å²) in [7, 11) is 0. The Morgan fingerprint density at radius 1 is 0.757 bits per heavy atom. The van der Waals surface area contributed by atoms with Gasteiger partial charge in [-0.15, -0.1) is 0 Å². The van der Waals surface area contributed by atoms with E-state index in [0.29, 0.717) is 38.6 Å². The number of hydrogen-bond donors (Lipinski definition) is 8. The monoisotopic (exact) mass is 528 g/mol. The Morgan fingerprint density at radius 2 is 1.27 bits per heavy atom. The molecule has 214 valence electrons. The molecule has 0 fully saturated rings. The third-order valence-corrected chi connectivity index (χ3v) is 5.54. The maximum atomic E-state index is 13.2. The number of carboxylic acid groups (broad SMARTS) is 1. The first-order valence-electron chi connectivity index (χ1n) is 12.9. The Balaban J connectivity index is 5.48. The number of amides is 3. The van der Waals surface area contributed by atoms with Crippen LogP contribution in [0.1, 0.15) is 72.6 Å². The molecule has 0 saturated carbocycles. The van der Waals surface area contributed by atoms with Gasteiger partial charge in [0.2, 0.25) is 17.7 Å². The lowest BCUT2D eigenvalue weighted by Gasteiger charge is -2.26. The number of guanidine groups is 1. The van der Waals surface area contributed by atoms with Crippen molar-refractivity contribution >= 4 is 29.7 Å². The summed E-state index contributed by atoms with van der Waals surface area (Å²) >= 11 is 0. The van der Waals surface area contributed by atoms with Gasteiger partial charge in [-0.2, -0.15) is 0 Å². The number of carboxylic acids is 1. The summed E-state index contributed by atoms with van der Waals surface area (Å²) in [4.78, 5) is 54.3. The summed E-state index contributed by atoms with van der Waals surface area (Å²) in [5, 5.41) is 17.4. The molecule has 37 heavy (non-hydrogen) atoms. The van der Waals surface area contributed by atoms with Gasteiger partial charge in [-0.1, -0.05) is 27.7 Å². The summed E-state index contributed by atoms with van der Waals surface area (Å²) in [5.74, 6) is -2.70. The molecule has 0 aliphatic rings. The highest BCUT2D eigenvalue weighted by Gasteiger charge is 2.30. The normalized spacial score (nSPS) is 14.4. The van der Waals surface area contributed by atoms with Crippen molar-refractivity contribution in [1.29, 1.82) is 0 Å². The van der Waals surface area contributed by atoms with Crippen LogP contribution >= 0.6 is 0 Å². The highest BCUT2D eigenvalue weighted by atomic mass is 16.4. The van der Waals surface area contributed by atoms with Gasteiger partial charge in [0.25, 0.3) is 0 Å². The van der Waals surface area contributed by atoms with E-state index in [2.05, 4.69) is 20.9 Å². The molecule has 0 aromatic rings. The van der Waals surface area contributed by atoms with Gasteiger partial charge in [-0.05, 0) is 63.3 Å². The van der Waals surface area contributed by atoms with Crippen molar-refractivity contribution in [3.8, 4) is 0 Å². The first-order chi connectivity index (χ1) is 17.3. The van der Waals surface area contributed by atoms with Crippen LogP contribution in [0.4, 0.5) is 0 Å². The fourth-order valence-corrected chi connectivity index (χ4v) is 3.66. The number of hydrogen-bond acceptors (Lipinski definition) is 7. The van der Waals surface area contributed by atoms with E-state index in [4.69, 9.17) is 22.9 Å². The third-order valence-electron chi connectivity index (χ3n) is 5.54. The van der Waals surface area contributed by atoms with Gasteiger partial charge in [0.1, 0.15) is 18.1 Å². The molecule has 0 aromatic carbocycles. The van der Waals surface area contributed by atoms with Crippen LogP contribution < -0.4 is 38.9 Å². The number of carbonyl (C=O) groups excluding carboxylic acids is 3. The Kier molecular flexibility index (Phi) is 16.9. The van der Waals surface area contributed by atoms with E-state index in [1.165, 1.54) is 0 Å². The number of nitrogens with zero attached hydrogens (tertiary/aromatic N) is 1. The smallest absolute Gasteiger partial charge is 0.326 e. The molecule has 13 nitrogen and oxygen atoms in total. The number of carbonyl (C=O) groups is 4. The van der Waals surface area contributed by atoms with Crippen molar-refractivity contribution in [2.24, 2.45) is 39.8 Å². The minimum atomic E-state index is -1.21. The predicted octanol–water partition coefficient (Wildman–Crippen LogP) is -0.872. The van der Waals surface area contributed by atoms with E-state index in [1.54, 1.807) is 0 Å². The molecule has 12 N–H and O–H groups in total. The van der Waals surface area contributed by atoms with Gasteiger partial charge in [0.05, 0.1) is 6.04 Å². The molecule has 0 heterocycles. The van der Waals surface area contributed by atoms with Crippen LogP contribution in [0.25, 0.3) is 0 Å². The molecule has 0 aliphatic carbocycles. The second-order valence-corrected chi connectivity index (χ2v) is 10.1. The summed E-state index contributed by atoms with van der Waals surface area (Å²) < 4.78 is 0.